The topological polar surface area (TPSA) is 24.1 Å². The number of nitrogens with one attached hydrogen (secondary N) is 2. The van der Waals surface area contributed by atoms with Crippen molar-refractivity contribution in [2.24, 2.45) is 0 Å². The lowest BCUT2D eigenvalue weighted by molar-refractivity contribution is 0.534. The van der Waals surface area contributed by atoms with Crippen LogP contribution < -0.4 is 10.6 Å². The molecule has 1 heterocycles. The molecule has 0 aromatic carbocycles. The van der Waals surface area contributed by atoms with Crippen molar-refractivity contribution < 1.29 is 2.85 Å². The first-order valence-electron chi connectivity index (χ1n) is 3.41. The van der Waals surface area contributed by atoms with Crippen LogP contribution >= 0.6 is 0 Å². The molecule has 8 heavy (non-hydrogen) atoms. The van der Waals surface area contributed by atoms with Crippen LogP contribution in [0.15, 0.2) is 0 Å². The van der Waals surface area contributed by atoms with Gasteiger partial charge in [-0.25, -0.2) is 0 Å². The summed E-state index contributed by atoms with van der Waals surface area (Å²) in [6.45, 7) is 8.56. The molecule has 0 spiro atoms. The summed E-state index contributed by atoms with van der Waals surface area (Å²) in [7, 11) is 0. The van der Waals surface area contributed by atoms with Gasteiger partial charge in [0.05, 0.1) is 0 Å². The summed E-state index contributed by atoms with van der Waals surface area (Å²) in [6.07, 6.45) is 0. The molecule has 1 rings (SSSR count). The van der Waals surface area contributed by atoms with Crippen molar-refractivity contribution in [1.29, 1.82) is 0 Å². The Morgan fingerprint density at radius 2 is 1.12 bits per heavy atom. The Labute approximate surface area is 54.6 Å². The largest absolute Gasteiger partial charge is 0.314 e. The molecule has 2 nitrogen and oxygen atoms in total. The van der Waals surface area contributed by atoms with E-state index in [1.807, 2.05) is 13.8 Å². The number of hydrogen-bond donors (Lipinski definition) is 2. The normalized spacial score (nSPS) is 18.8. The summed E-state index contributed by atoms with van der Waals surface area (Å²) in [6, 6.07) is 0. The lowest BCUT2D eigenvalue weighted by Crippen LogP contribution is -2.39. The van der Waals surface area contributed by atoms with Gasteiger partial charge in [0.25, 0.3) is 0 Å². The van der Waals surface area contributed by atoms with Gasteiger partial charge in [0.2, 0.25) is 0 Å². The standard InChI is InChI=1S/C4H10N2.C2H6.2H2/c1-2-6-4-3-5-1;1-2;;/h5-6H,1-4H2;1-2H3;2*1H. The molecule has 1 aliphatic heterocycles. The molecule has 0 aromatic heterocycles. The van der Waals surface area contributed by atoms with Gasteiger partial charge in [0.15, 0.2) is 0 Å². The third-order valence-corrected chi connectivity index (χ3v) is 0.957. The molecule has 0 amide bonds. The van der Waals surface area contributed by atoms with E-state index in [1.165, 1.54) is 0 Å². The van der Waals surface area contributed by atoms with Crippen molar-refractivity contribution in [2.45, 2.75) is 13.8 Å². The summed E-state index contributed by atoms with van der Waals surface area (Å²) >= 11 is 0. The highest BCUT2D eigenvalue weighted by atomic mass is 15.0. The van der Waals surface area contributed by atoms with Gasteiger partial charge in [0, 0.05) is 29.0 Å². The van der Waals surface area contributed by atoms with Crippen molar-refractivity contribution >= 4 is 0 Å². The summed E-state index contributed by atoms with van der Waals surface area (Å²) in [5.74, 6) is 0. The average Bonchev–Trinajstić information content (AvgIpc) is 1.96. The SMILES string of the molecule is C1CNCCN1.CC.[HH].[HH]. The van der Waals surface area contributed by atoms with Gasteiger partial charge in [-0.3, -0.25) is 0 Å². The molecule has 0 aromatic rings. The predicted octanol–water partition coefficient (Wildman–Crippen LogP) is 0.697. The van der Waals surface area contributed by atoms with Crippen molar-refractivity contribution in [1.82, 2.24) is 10.6 Å². The van der Waals surface area contributed by atoms with Crippen molar-refractivity contribution in [2.75, 3.05) is 26.2 Å². The van der Waals surface area contributed by atoms with Crippen LogP contribution in [0.25, 0.3) is 0 Å². The van der Waals surface area contributed by atoms with Gasteiger partial charge in [-0.1, -0.05) is 13.8 Å². The van der Waals surface area contributed by atoms with E-state index in [9.17, 15) is 0 Å². The highest BCUT2D eigenvalue weighted by Crippen LogP contribution is 1.65. The molecule has 54 valence electrons. The second kappa shape index (κ2) is 6.92. The minimum atomic E-state index is 0. The maximum atomic E-state index is 3.22. The van der Waals surface area contributed by atoms with E-state index < -0.39 is 0 Å². The van der Waals surface area contributed by atoms with Gasteiger partial charge >= 0.3 is 0 Å². The fourth-order valence-corrected chi connectivity index (χ4v) is 0.604. The van der Waals surface area contributed by atoms with E-state index in [2.05, 4.69) is 10.6 Å². The van der Waals surface area contributed by atoms with Gasteiger partial charge < -0.3 is 10.6 Å². The first-order chi connectivity index (χ1) is 4.00. The monoisotopic (exact) mass is 120 g/mol. The number of hydrogen-bond acceptors (Lipinski definition) is 2. The molecule has 0 unspecified atom stereocenters. The fraction of sp³-hybridized carbons (Fsp3) is 1.00. The fourth-order valence-electron chi connectivity index (χ4n) is 0.604. The van der Waals surface area contributed by atoms with Crippen LogP contribution in [-0.4, -0.2) is 26.2 Å². The van der Waals surface area contributed by atoms with E-state index in [-0.39, 0.29) is 2.85 Å². The van der Waals surface area contributed by atoms with Gasteiger partial charge in [0.1, 0.15) is 0 Å². The van der Waals surface area contributed by atoms with Crippen LogP contribution in [0.3, 0.4) is 0 Å². The van der Waals surface area contributed by atoms with Crippen molar-refractivity contribution in [3.63, 3.8) is 0 Å². The summed E-state index contributed by atoms with van der Waals surface area (Å²) in [4.78, 5) is 0. The molecule has 1 fully saturated rings. The predicted molar refractivity (Wildman–Crippen MR) is 41.3 cm³/mol. The van der Waals surface area contributed by atoms with Crippen LogP contribution in [0, 0.1) is 0 Å². The molecule has 0 saturated carbocycles. The highest BCUT2D eigenvalue weighted by Gasteiger charge is 1.91. The minimum Gasteiger partial charge on any atom is -0.314 e. The van der Waals surface area contributed by atoms with Gasteiger partial charge in [-0.05, 0) is 0 Å². The molecular weight excluding hydrogens is 100 g/mol. The van der Waals surface area contributed by atoms with E-state index >= 15 is 0 Å². The van der Waals surface area contributed by atoms with E-state index in [0.29, 0.717) is 0 Å². The van der Waals surface area contributed by atoms with E-state index in [4.69, 9.17) is 0 Å². The van der Waals surface area contributed by atoms with E-state index in [0.717, 1.165) is 26.2 Å². The van der Waals surface area contributed by atoms with Crippen molar-refractivity contribution in [3.8, 4) is 0 Å². The molecule has 2 N–H and O–H groups in total. The average molecular weight is 120 g/mol. The Hall–Kier alpha value is -0.0800. The molecule has 0 atom stereocenters. The molecular formula is C6H20N2. The van der Waals surface area contributed by atoms with Crippen LogP contribution in [0.2, 0.25) is 0 Å². The quantitative estimate of drug-likeness (QED) is 0.491. The Morgan fingerprint density at radius 1 is 0.875 bits per heavy atom. The second-order valence-electron chi connectivity index (χ2n) is 1.50. The third kappa shape index (κ3) is 4.09. The summed E-state index contributed by atoms with van der Waals surface area (Å²) < 4.78 is 0. The first-order valence-corrected chi connectivity index (χ1v) is 3.41. The lowest BCUT2D eigenvalue weighted by atomic mass is 10.4. The number of rotatable bonds is 0. The van der Waals surface area contributed by atoms with Crippen LogP contribution in [0.1, 0.15) is 16.7 Å². The highest BCUT2D eigenvalue weighted by molar-refractivity contribution is 4.59. The summed E-state index contributed by atoms with van der Waals surface area (Å²) in [5.41, 5.74) is 0. The van der Waals surface area contributed by atoms with Gasteiger partial charge in [-0.15, -0.1) is 0 Å². The third-order valence-electron chi connectivity index (χ3n) is 0.957. The maximum Gasteiger partial charge on any atom is 0.00772 e. The van der Waals surface area contributed by atoms with Crippen LogP contribution in [-0.2, 0) is 0 Å². The van der Waals surface area contributed by atoms with Gasteiger partial charge in [-0.2, -0.15) is 0 Å². The van der Waals surface area contributed by atoms with Crippen LogP contribution in [0.4, 0.5) is 0 Å². The first kappa shape index (κ1) is 7.92. The van der Waals surface area contributed by atoms with Crippen molar-refractivity contribution in [3.05, 3.63) is 0 Å². The number of piperazine rings is 1. The maximum absolute atomic E-state index is 3.22. The zero-order valence-electron chi connectivity index (χ0n) is 5.83. The minimum absolute atomic E-state index is 0. The second-order valence-corrected chi connectivity index (χ2v) is 1.50. The molecule has 1 aliphatic rings. The molecule has 1 saturated heterocycles. The van der Waals surface area contributed by atoms with Crippen LogP contribution in [0.5, 0.6) is 0 Å². The lowest BCUT2D eigenvalue weighted by Gasteiger charge is -2.11. The Morgan fingerprint density at radius 3 is 1.25 bits per heavy atom. The zero-order chi connectivity index (χ0) is 6.24. The van der Waals surface area contributed by atoms with E-state index in [1.54, 1.807) is 0 Å². The molecule has 0 radical (unpaired) electrons. The molecule has 2 heteroatoms. The Kier molecular flexibility index (Phi) is 6.85. The molecule has 0 bridgehead atoms. The zero-order valence-corrected chi connectivity index (χ0v) is 5.83. The Bertz CT molecular complexity index is 29.2. The summed E-state index contributed by atoms with van der Waals surface area (Å²) in [5, 5.41) is 6.44. The smallest absolute Gasteiger partial charge is 0.00772 e. The molecule has 0 aliphatic carbocycles. The Balaban J connectivity index is -0.000000114.